The molecule has 1 amide bonds. The van der Waals surface area contributed by atoms with E-state index in [4.69, 9.17) is 0 Å². The van der Waals surface area contributed by atoms with Crippen LogP contribution in [-0.4, -0.2) is 26.9 Å². The van der Waals surface area contributed by atoms with Crippen LogP contribution in [0.4, 0.5) is 11.4 Å². The van der Waals surface area contributed by atoms with Gasteiger partial charge in [0.15, 0.2) is 0 Å². The van der Waals surface area contributed by atoms with Crippen LogP contribution in [0.2, 0.25) is 0 Å². The van der Waals surface area contributed by atoms with Gasteiger partial charge in [-0.05, 0) is 74.4 Å². The van der Waals surface area contributed by atoms with Crippen LogP contribution < -0.4 is 9.21 Å². The minimum absolute atomic E-state index is 0.0803. The standard InChI is InChI=1S/C22H24N2O3S/c1-15-13-18-14-19(10-11-21(18)24(15)22(25)17-8-9-17)28(26,27)23-12-4-6-16-5-2-3-7-20(16)23/h2-3,5,7,10-11,14-15,17H,4,6,8-9,12-13H2,1H3/t15-/m0/s1. The van der Waals surface area contributed by atoms with Gasteiger partial charge in [0, 0.05) is 24.2 Å². The Morgan fingerprint density at radius 1 is 1.04 bits per heavy atom. The maximum absolute atomic E-state index is 13.4. The highest BCUT2D eigenvalue weighted by Gasteiger charge is 2.40. The van der Waals surface area contributed by atoms with Crippen molar-refractivity contribution in [2.75, 3.05) is 15.7 Å². The van der Waals surface area contributed by atoms with Gasteiger partial charge < -0.3 is 4.90 Å². The van der Waals surface area contributed by atoms with E-state index >= 15 is 0 Å². The first-order valence-corrected chi connectivity index (χ1v) is 11.5. The van der Waals surface area contributed by atoms with E-state index in [0.29, 0.717) is 17.9 Å². The largest absolute Gasteiger partial charge is 0.309 e. The van der Waals surface area contributed by atoms with Crippen LogP contribution in [0.5, 0.6) is 0 Å². The molecule has 1 saturated carbocycles. The van der Waals surface area contributed by atoms with E-state index in [0.717, 1.165) is 48.2 Å². The van der Waals surface area contributed by atoms with E-state index in [2.05, 4.69) is 0 Å². The van der Waals surface area contributed by atoms with Crippen LogP contribution in [0, 0.1) is 5.92 Å². The van der Waals surface area contributed by atoms with Crippen LogP contribution in [0.15, 0.2) is 47.4 Å². The molecule has 1 aliphatic carbocycles. The van der Waals surface area contributed by atoms with Crippen molar-refractivity contribution >= 4 is 27.3 Å². The van der Waals surface area contributed by atoms with E-state index in [1.165, 1.54) is 0 Å². The van der Waals surface area contributed by atoms with Crippen molar-refractivity contribution in [2.45, 2.75) is 50.0 Å². The van der Waals surface area contributed by atoms with Crippen LogP contribution >= 0.6 is 0 Å². The lowest BCUT2D eigenvalue weighted by atomic mass is 10.0. The average molecular weight is 397 g/mol. The fourth-order valence-corrected chi connectivity index (χ4v) is 6.10. The van der Waals surface area contributed by atoms with Crippen molar-refractivity contribution in [1.82, 2.24) is 0 Å². The number of para-hydroxylation sites is 1. The number of anilines is 2. The number of carbonyl (C=O) groups is 1. The summed E-state index contributed by atoms with van der Waals surface area (Å²) in [6.45, 7) is 2.54. The summed E-state index contributed by atoms with van der Waals surface area (Å²) in [6.07, 6.45) is 4.37. The predicted molar refractivity (Wildman–Crippen MR) is 109 cm³/mol. The number of sulfonamides is 1. The maximum Gasteiger partial charge on any atom is 0.264 e. The molecule has 0 N–H and O–H groups in total. The normalized spacial score (nSPS) is 21.4. The van der Waals surface area contributed by atoms with Gasteiger partial charge in [-0.15, -0.1) is 0 Å². The van der Waals surface area contributed by atoms with Gasteiger partial charge in [0.25, 0.3) is 10.0 Å². The van der Waals surface area contributed by atoms with Crippen molar-refractivity contribution < 1.29 is 13.2 Å². The number of rotatable bonds is 3. The van der Waals surface area contributed by atoms with E-state index in [1.54, 1.807) is 16.4 Å². The summed E-state index contributed by atoms with van der Waals surface area (Å²) < 4.78 is 28.4. The molecule has 28 heavy (non-hydrogen) atoms. The first kappa shape index (κ1) is 17.7. The van der Waals surface area contributed by atoms with Crippen LogP contribution in [0.1, 0.15) is 37.3 Å². The van der Waals surface area contributed by atoms with Gasteiger partial charge in [-0.3, -0.25) is 9.10 Å². The number of aryl methyl sites for hydroxylation is 1. The van der Waals surface area contributed by atoms with Gasteiger partial charge in [0.1, 0.15) is 0 Å². The fourth-order valence-electron chi connectivity index (χ4n) is 4.51. The van der Waals surface area contributed by atoms with Gasteiger partial charge in [0.2, 0.25) is 5.91 Å². The number of amides is 1. The van der Waals surface area contributed by atoms with Crippen LogP contribution in [0.3, 0.4) is 0 Å². The summed E-state index contributed by atoms with van der Waals surface area (Å²) in [6, 6.07) is 13.1. The molecule has 1 fully saturated rings. The Hall–Kier alpha value is -2.34. The lowest BCUT2D eigenvalue weighted by Crippen LogP contribution is -2.36. The van der Waals surface area contributed by atoms with Crippen molar-refractivity contribution in [3.8, 4) is 0 Å². The summed E-state index contributed by atoms with van der Waals surface area (Å²) in [5.74, 6) is 0.341. The molecule has 0 bridgehead atoms. The van der Waals surface area contributed by atoms with Gasteiger partial charge in [-0.1, -0.05) is 18.2 Å². The van der Waals surface area contributed by atoms with Crippen molar-refractivity contribution in [3.05, 3.63) is 53.6 Å². The molecule has 2 aromatic carbocycles. The molecule has 2 heterocycles. The third-order valence-electron chi connectivity index (χ3n) is 6.09. The smallest absolute Gasteiger partial charge is 0.264 e. The summed E-state index contributed by atoms with van der Waals surface area (Å²) in [4.78, 5) is 14.8. The number of hydrogen-bond donors (Lipinski definition) is 0. The van der Waals surface area contributed by atoms with E-state index in [9.17, 15) is 13.2 Å². The molecular formula is C22H24N2O3S. The lowest BCUT2D eigenvalue weighted by molar-refractivity contribution is -0.120. The molecular weight excluding hydrogens is 372 g/mol. The van der Waals surface area contributed by atoms with Crippen molar-refractivity contribution in [1.29, 1.82) is 0 Å². The topological polar surface area (TPSA) is 57.7 Å². The molecule has 0 spiro atoms. The Morgan fingerprint density at radius 3 is 2.61 bits per heavy atom. The number of benzene rings is 2. The summed E-state index contributed by atoms with van der Waals surface area (Å²) >= 11 is 0. The summed E-state index contributed by atoms with van der Waals surface area (Å²) in [7, 11) is -3.63. The Labute approximate surface area is 166 Å². The summed E-state index contributed by atoms with van der Waals surface area (Å²) in [5, 5.41) is 0. The molecule has 0 aromatic heterocycles. The zero-order valence-corrected chi connectivity index (χ0v) is 16.8. The molecule has 2 aliphatic heterocycles. The minimum Gasteiger partial charge on any atom is -0.309 e. The van der Waals surface area contributed by atoms with Crippen LogP contribution in [-0.2, 0) is 27.7 Å². The van der Waals surface area contributed by atoms with Crippen molar-refractivity contribution in [3.63, 3.8) is 0 Å². The molecule has 2 aromatic rings. The van der Waals surface area contributed by atoms with Gasteiger partial charge in [0.05, 0.1) is 10.6 Å². The van der Waals surface area contributed by atoms with E-state index in [1.807, 2.05) is 42.2 Å². The molecule has 1 atom stereocenters. The molecule has 5 rings (SSSR count). The predicted octanol–water partition coefficient (Wildman–Crippen LogP) is 3.52. The Kier molecular flexibility index (Phi) is 4.02. The lowest BCUT2D eigenvalue weighted by Gasteiger charge is -2.30. The number of fused-ring (bicyclic) bond motifs is 2. The Morgan fingerprint density at radius 2 is 1.82 bits per heavy atom. The molecule has 146 valence electrons. The van der Waals surface area contributed by atoms with Gasteiger partial charge >= 0.3 is 0 Å². The molecule has 0 radical (unpaired) electrons. The highest BCUT2D eigenvalue weighted by molar-refractivity contribution is 7.92. The third-order valence-corrected chi connectivity index (χ3v) is 7.90. The Balaban J connectivity index is 1.51. The van der Waals surface area contributed by atoms with Crippen LogP contribution in [0.25, 0.3) is 0 Å². The second-order valence-corrected chi connectivity index (χ2v) is 10.00. The number of carbonyl (C=O) groups excluding carboxylic acids is 1. The SMILES string of the molecule is C[C@H]1Cc2cc(S(=O)(=O)N3CCCc4ccccc43)ccc2N1C(=O)C1CC1. The van der Waals surface area contributed by atoms with E-state index in [-0.39, 0.29) is 17.9 Å². The van der Waals surface area contributed by atoms with Crippen molar-refractivity contribution in [2.24, 2.45) is 5.92 Å². The monoisotopic (exact) mass is 396 g/mol. The van der Waals surface area contributed by atoms with Gasteiger partial charge in [-0.2, -0.15) is 0 Å². The first-order chi connectivity index (χ1) is 13.5. The summed E-state index contributed by atoms with van der Waals surface area (Å²) in [5.41, 5.74) is 3.69. The molecule has 0 saturated heterocycles. The highest BCUT2D eigenvalue weighted by atomic mass is 32.2. The number of nitrogens with zero attached hydrogens (tertiary/aromatic N) is 2. The fraction of sp³-hybridized carbons (Fsp3) is 0.409. The zero-order chi connectivity index (χ0) is 19.5. The molecule has 6 heteroatoms. The molecule has 5 nitrogen and oxygen atoms in total. The molecule has 3 aliphatic rings. The average Bonchev–Trinajstić information content (AvgIpc) is 3.49. The van der Waals surface area contributed by atoms with Gasteiger partial charge in [-0.25, -0.2) is 8.42 Å². The van der Waals surface area contributed by atoms with E-state index < -0.39 is 10.0 Å². The minimum atomic E-state index is -3.63. The third kappa shape index (κ3) is 2.73. The zero-order valence-electron chi connectivity index (χ0n) is 16.0. The second-order valence-electron chi connectivity index (χ2n) is 8.14. The number of hydrogen-bond acceptors (Lipinski definition) is 3. The Bertz CT molecular complexity index is 1060. The second kappa shape index (κ2) is 6.34. The maximum atomic E-state index is 13.4. The quantitative estimate of drug-likeness (QED) is 0.798. The molecule has 0 unspecified atom stereocenters. The highest BCUT2D eigenvalue weighted by Crippen LogP contribution is 2.40. The first-order valence-electron chi connectivity index (χ1n) is 10.0.